The van der Waals surface area contributed by atoms with E-state index >= 15 is 0 Å². The molecule has 2 heterocycles. The maximum absolute atomic E-state index is 12.3. The number of Topliss-reactive ketones (excluding diaryl/α,β-unsaturated/α-hetero) is 1. The Balaban J connectivity index is 1.70. The SMILES string of the molecule is CC(=O)[C@H]1O[C@@H](Oc2ccc3c(c2)c(=O)oc2cc(O)ccc23)[C@H](O)[C@@H](O)[C@@H]1O. The van der Waals surface area contributed by atoms with Gasteiger partial charge >= 0.3 is 5.63 Å². The number of benzene rings is 2. The quantitative estimate of drug-likeness (QED) is 0.362. The minimum absolute atomic E-state index is 0.0378. The highest BCUT2D eigenvalue weighted by Crippen LogP contribution is 2.30. The normalized spacial score (nSPS) is 27.2. The van der Waals surface area contributed by atoms with Crippen LogP contribution in [0.15, 0.2) is 45.6 Å². The number of aliphatic hydroxyl groups is 3. The smallest absolute Gasteiger partial charge is 0.344 e. The largest absolute Gasteiger partial charge is 0.508 e. The van der Waals surface area contributed by atoms with Crippen LogP contribution in [0.25, 0.3) is 21.7 Å². The first kappa shape index (κ1) is 19.3. The lowest BCUT2D eigenvalue weighted by molar-refractivity contribution is -0.265. The zero-order valence-electron chi connectivity index (χ0n) is 15.2. The molecule has 2 aromatic carbocycles. The number of fused-ring (bicyclic) bond motifs is 3. The van der Waals surface area contributed by atoms with E-state index in [0.29, 0.717) is 10.8 Å². The van der Waals surface area contributed by atoms with Crippen LogP contribution in [-0.4, -0.2) is 56.9 Å². The average Bonchev–Trinajstić information content (AvgIpc) is 2.68. The first-order valence-corrected chi connectivity index (χ1v) is 8.82. The van der Waals surface area contributed by atoms with Crippen LogP contribution in [0.5, 0.6) is 11.5 Å². The van der Waals surface area contributed by atoms with Crippen molar-refractivity contribution in [1.82, 2.24) is 0 Å². The van der Waals surface area contributed by atoms with Gasteiger partial charge in [0, 0.05) is 16.8 Å². The van der Waals surface area contributed by atoms with Gasteiger partial charge in [0.25, 0.3) is 0 Å². The zero-order chi connectivity index (χ0) is 20.9. The molecule has 1 fully saturated rings. The molecule has 0 saturated carbocycles. The first-order valence-electron chi connectivity index (χ1n) is 8.82. The predicted octanol–water partition coefficient (Wildman–Crippen LogP) is 0.427. The van der Waals surface area contributed by atoms with Gasteiger partial charge in [0.05, 0.1) is 5.39 Å². The van der Waals surface area contributed by atoms with E-state index in [2.05, 4.69) is 0 Å². The first-order chi connectivity index (χ1) is 13.8. The molecular weight excluding hydrogens is 384 g/mol. The van der Waals surface area contributed by atoms with Crippen molar-refractivity contribution >= 4 is 27.5 Å². The molecule has 3 aromatic rings. The van der Waals surface area contributed by atoms with Gasteiger partial charge in [0.1, 0.15) is 41.5 Å². The standard InChI is InChI=1S/C20H18O9/c1-8(21)18-16(24)15(23)17(25)20(29-18)27-10-3-5-11-12-4-2-9(22)6-14(12)28-19(26)13(11)7-10/h2-7,15-18,20,22-25H,1H3/t15-,16-,17+,18+,20+/m0/s1. The third-order valence-electron chi connectivity index (χ3n) is 4.89. The molecule has 1 aliphatic heterocycles. The van der Waals surface area contributed by atoms with Crippen LogP contribution in [0.1, 0.15) is 6.92 Å². The van der Waals surface area contributed by atoms with Crippen LogP contribution in [0, 0.1) is 0 Å². The third-order valence-corrected chi connectivity index (χ3v) is 4.89. The Morgan fingerprint density at radius 1 is 0.966 bits per heavy atom. The highest BCUT2D eigenvalue weighted by atomic mass is 16.7. The van der Waals surface area contributed by atoms with Gasteiger partial charge < -0.3 is 34.3 Å². The number of phenolic OH excluding ortho intramolecular Hbond substituents is 1. The molecule has 4 N–H and O–H groups in total. The molecule has 0 aliphatic carbocycles. The van der Waals surface area contributed by atoms with Crippen molar-refractivity contribution in [3.8, 4) is 11.5 Å². The van der Waals surface area contributed by atoms with Crippen LogP contribution in [0.3, 0.4) is 0 Å². The zero-order valence-corrected chi connectivity index (χ0v) is 15.2. The minimum Gasteiger partial charge on any atom is -0.508 e. The lowest BCUT2D eigenvalue weighted by atomic mass is 9.97. The maximum atomic E-state index is 12.3. The molecule has 5 atom stereocenters. The fourth-order valence-electron chi connectivity index (χ4n) is 3.39. The number of aromatic hydroxyl groups is 1. The Morgan fingerprint density at radius 3 is 2.41 bits per heavy atom. The highest BCUT2D eigenvalue weighted by molar-refractivity contribution is 6.04. The summed E-state index contributed by atoms with van der Waals surface area (Å²) >= 11 is 0. The summed E-state index contributed by atoms with van der Waals surface area (Å²) in [5.74, 6) is -0.451. The van der Waals surface area contributed by atoms with Crippen molar-refractivity contribution in [2.24, 2.45) is 0 Å². The van der Waals surface area contributed by atoms with Gasteiger partial charge in [0.2, 0.25) is 6.29 Å². The van der Waals surface area contributed by atoms with Crippen LogP contribution in [0.4, 0.5) is 0 Å². The Morgan fingerprint density at radius 2 is 1.69 bits per heavy atom. The van der Waals surface area contributed by atoms with Gasteiger partial charge in [-0.15, -0.1) is 0 Å². The van der Waals surface area contributed by atoms with Gasteiger partial charge in [-0.05, 0) is 37.3 Å². The van der Waals surface area contributed by atoms with Crippen molar-refractivity contribution in [2.75, 3.05) is 0 Å². The maximum Gasteiger partial charge on any atom is 0.344 e. The van der Waals surface area contributed by atoms with Crippen molar-refractivity contribution in [3.63, 3.8) is 0 Å². The number of ether oxygens (including phenoxy) is 2. The van der Waals surface area contributed by atoms with Crippen LogP contribution >= 0.6 is 0 Å². The average molecular weight is 402 g/mol. The lowest BCUT2D eigenvalue weighted by Gasteiger charge is -2.39. The molecule has 29 heavy (non-hydrogen) atoms. The summed E-state index contributed by atoms with van der Waals surface area (Å²) in [5.41, 5.74) is -0.436. The second-order valence-electron chi connectivity index (χ2n) is 6.90. The fourth-order valence-corrected chi connectivity index (χ4v) is 3.39. The van der Waals surface area contributed by atoms with Crippen LogP contribution in [0.2, 0.25) is 0 Å². The molecule has 1 aliphatic rings. The molecule has 1 saturated heterocycles. The number of aliphatic hydroxyl groups excluding tert-OH is 3. The van der Waals surface area contributed by atoms with Gasteiger partial charge in [-0.3, -0.25) is 4.79 Å². The number of carbonyl (C=O) groups is 1. The molecule has 4 rings (SSSR count). The summed E-state index contributed by atoms with van der Waals surface area (Å²) in [4.78, 5) is 24.0. The van der Waals surface area contributed by atoms with Crippen molar-refractivity contribution in [3.05, 3.63) is 46.8 Å². The summed E-state index contributed by atoms with van der Waals surface area (Å²) in [7, 11) is 0. The van der Waals surface area contributed by atoms with E-state index < -0.39 is 42.1 Å². The summed E-state index contributed by atoms with van der Waals surface area (Å²) in [6.45, 7) is 1.18. The summed E-state index contributed by atoms with van der Waals surface area (Å²) < 4.78 is 16.1. The Hall–Kier alpha value is -2.98. The number of hydrogen-bond acceptors (Lipinski definition) is 9. The number of rotatable bonds is 3. The number of ketones is 1. The van der Waals surface area contributed by atoms with Crippen molar-refractivity contribution < 1.29 is 39.1 Å². The van der Waals surface area contributed by atoms with Gasteiger partial charge in [-0.25, -0.2) is 4.79 Å². The lowest BCUT2D eigenvalue weighted by Crippen LogP contribution is -2.60. The highest BCUT2D eigenvalue weighted by Gasteiger charge is 2.46. The van der Waals surface area contributed by atoms with E-state index in [0.717, 1.165) is 0 Å². The van der Waals surface area contributed by atoms with Crippen molar-refractivity contribution in [1.29, 1.82) is 0 Å². The fraction of sp³-hybridized carbons (Fsp3) is 0.300. The van der Waals surface area contributed by atoms with Crippen LogP contribution < -0.4 is 10.4 Å². The molecule has 9 heteroatoms. The minimum atomic E-state index is -1.65. The number of phenols is 1. The summed E-state index contributed by atoms with van der Waals surface area (Å²) in [5, 5.41) is 40.9. The molecule has 152 valence electrons. The Kier molecular flexibility index (Phi) is 4.75. The summed E-state index contributed by atoms with van der Waals surface area (Å²) in [6, 6.07) is 8.91. The molecular formula is C20H18O9. The second-order valence-corrected chi connectivity index (χ2v) is 6.90. The third kappa shape index (κ3) is 3.34. The molecule has 1 aromatic heterocycles. The molecule has 9 nitrogen and oxygen atoms in total. The second kappa shape index (κ2) is 7.12. The van der Waals surface area contributed by atoms with E-state index in [9.17, 15) is 30.0 Å². The van der Waals surface area contributed by atoms with Crippen molar-refractivity contribution in [2.45, 2.75) is 37.6 Å². The molecule has 0 amide bonds. The van der Waals surface area contributed by atoms with Crippen LogP contribution in [-0.2, 0) is 9.53 Å². The van der Waals surface area contributed by atoms with Gasteiger partial charge in [-0.1, -0.05) is 0 Å². The molecule has 0 bridgehead atoms. The van der Waals surface area contributed by atoms with Gasteiger partial charge in [0.15, 0.2) is 5.78 Å². The van der Waals surface area contributed by atoms with E-state index in [1.165, 1.54) is 31.2 Å². The van der Waals surface area contributed by atoms with E-state index in [4.69, 9.17) is 13.9 Å². The van der Waals surface area contributed by atoms with Gasteiger partial charge in [-0.2, -0.15) is 0 Å². The molecule has 0 radical (unpaired) electrons. The Bertz CT molecular complexity index is 1150. The molecule has 0 unspecified atom stereocenters. The Labute approximate surface area is 163 Å². The monoisotopic (exact) mass is 402 g/mol. The predicted molar refractivity (Wildman–Crippen MR) is 99.6 cm³/mol. The molecule has 0 spiro atoms. The van der Waals surface area contributed by atoms with E-state index in [1.807, 2.05) is 0 Å². The number of hydrogen-bond donors (Lipinski definition) is 4. The number of carbonyl (C=O) groups excluding carboxylic acids is 1. The topological polar surface area (TPSA) is 147 Å². The van der Waals surface area contributed by atoms with E-state index in [1.54, 1.807) is 12.1 Å². The van der Waals surface area contributed by atoms with E-state index in [-0.39, 0.29) is 22.5 Å². The summed E-state index contributed by atoms with van der Waals surface area (Å²) in [6.07, 6.45) is -7.66.